The quantitative estimate of drug-likeness (QED) is 0.894. The Kier molecular flexibility index (Phi) is 3.41. The number of rotatable bonds is 3. The van der Waals surface area contributed by atoms with E-state index in [1.165, 1.54) is 31.3 Å². The van der Waals surface area contributed by atoms with E-state index in [2.05, 4.69) is 10.3 Å². The number of nitrogens with one attached hydrogen (secondary N) is 1. The molecular weight excluding hydrogens is 254 g/mol. The summed E-state index contributed by atoms with van der Waals surface area (Å²) < 4.78 is 27.4. The van der Waals surface area contributed by atoms with Gasteiger partial charge in [0.2, 0.25) is 0 Å². The predicted molar refractivity (Wildman–Crippen MR) is 65.6 cm³/mol. The van der Waals surface area contributed by atoms with Crippen LogP contribution in [0.5, 0.6) is 0 Å². The van der Waals surface area contributed by atoms with Crippen LogP contribution in [0.3, 0.4) is 0 Å². The minimum atomic E-state index is -1.23. The standard InChI is InChI=1S/C13H10F2N2O2/c1-7-4-5-9(14)11(10(7)15)17-12-8(13(18)19)3-2-6-16-12/h2-6H,1H3,(H,16,17)(H,18,19). The number of carbonyl (C=O) groups is 1. The summed E-state index contributed by atoms with van der Waals surface area (Å²) in [5, 5.41) is 11.4. The number of aromatic carboxylic acids is 1. The number of aryl methyl sites for hydroxylation is 1. The summed E-state index contributed by atoms with van der Waals surface area (Å²) in [5.74, 6) is -2.94. The second-order valence-corrected chi connectivity index (χ2v) is 3.88. The van der Waals surface area contributed by atoms with Crippen molar-refractivity contribution in [2.75, 3.05) is 5.32 Å². The highest BCUT2D eigenvalue weighted by Gasteiger charge is 2.16. The van der Waals surface area contributed by atoms with Crippen LogP contribution in [0.4, 0.5) is 20.3 Å². The molecule has 19 heavy (non-hydrogen) atoms. The Morgan fingerprint density at radius 3 is 2.74 bits per heavy atom. The lowest BCUT2D eigenvalue weighted by Gasteiger charge is -2.11. The van der Waals surface area contributed by atoms with Gasteiger partial charge < -0.3 is 10.4 Å². The number of aromatic nitrogens is 1. The van der Waals surface area contributed by atoms with Gasteiger partial charge in [-0.1, -0.05) is 6.07 Å². The van der Waals surface area contributed by atoms with Crippen molar-refractivity contribution in [3.05, 3.63) is 53.2 Å². The minimum absolute atomic E-state index is 0.113. The van der Waals surface area contributed by atoms with Gasteiger partial charge in [-0.3, -0.25) is 0 Å². The first kappa shape index (κ1) is 12.9. The Bertz CT molecular complexity index is 645. The third-order valence-corrected chi connectivity index (χ3v) is 2.57. The third-order valence-electron chi connectivity index (χ3n) is 2.57. The molecule has 1 aromatic carbocycles. The highest BCUT2D eigenvalue weighted by Crippen LogP contribution is 2.26. The molecule has 2 aromatic rings. The van der Waals surface area contributed by atoms with Crippen molar-refractivity contribution in [1.82, 2.24) is 4.98 Å². The molecular formula is C13H10F2N2O2. The van der Waals surface area contributed by atoms with Gasteiger partial charge in [0, 0.05) is 6.20 Å². The van der Waals surface area contributed by atoms with Crippen LogP contribution in [0.2, 0.25) is 0 Å². The van der Waals surface area contributed by atoms with E-state index in [0.717, 1.165) is 6.07 Å². The zero-order chi connectivity index (χ0) is 14.0. The average molecular weight is 264 g/mol. The number of nitrogens with zero attached hydrogens (tertiary/aromatic N) is 1. The van der Waals surface area contributed by atoms with E-state index in [1.54, 1.807) is 0 Å². The topological polar surface area (TPSA) is 62.2 Å². The molecule has 0 aliphatic heterocycles. The van der Waals surface area contributed by atoms with Gasteiger partial charge in [-0.15, -0.1) is 0 Å². The van der Waals surface area contributed by atoms with Crippen molar-refractivity contribution in [2.45, 2.75) is 6.92 Å². The highest BCUT2D eigenvalue weighted by atomic mass is 19.1. The average Bonchev–Trinajstić information content (AvgIpc) is 2.39. The second-order valence-electron chi connectivity index (χ2n) is 3.88. The molecule has 0 aliphatic rings. The first-order valence-electron chi connectivity index (χ1n) is 5.40. The zero-order valence-corrected chi connectivity index (χ0v) is 9.95. The van der Waals surface area contributed by atoms with Crippen molar-refractivity contribution in [3.63, 3.8) is 0 Å². The number of anilines is 2. The summed E-state index contributed by atoms with van der Waals surface area (Å²) in [6.45, 7) is 1.48. The molecule has 1 heterocycles. The van der Waals surface area contributed by atoms with E-state index < -0.39 is 23.3 Å². The monoisotopic (exact) mass is 264 g/mol. The van der Waals surface area contributed by atoms with Gasteiger partial charge >= 0.3 is 5.97 Å². The molecule has 0 atom stereocenters. The van der Waals surface area contributed by atoms with Gasteiger partial charge in [0.15, 0.2) is 5.82 Å². The Labute approximate surface area is 107 Å². The summed E-state index contributed by atoms with van der Waals surface area (Å²) in [6, 6.07) is 5.12. The summed E-state index contributed by atoms with van der Waals surface area (Å²) >= 11 is 0. The van der Waals surface area contributed by atoms with E-state index >= 15 is 0 Å². The Hall–Kier alpha value is -2.50. The number of halogens is 2. The minimum Gasteiger partial charge on any atom is -0.478 e. The molecule has 0 unspecified atom stereocenters. The van der Waals surface area contributed by atoms with E-state index in [0.29, 0.717) is 0 Å². The van der Waals surface area contributed by atoms with Gasteiger partial charge in [0.1, 0.15) is 22.9 Å². The van der Waals surface area contributed by atoms with E-state index in [1.807, 2.05) is 0 Å². The highest BCUT2D eigenvalue weighted by molar-refractivity contribution is 5.93. The van der Waals surface area contributed by atoms with Gasteiger partial charge in [0.25, 0.3) is 0 Å². The summed E-state index contributed by atoms with van der Waals surface area (Å²) in [5.41, 5.74) is -0.333. The van der Waals surface area contributed by atoms with E-state index in [-0.39, 0.29) is 16.9 Å². The molecule has 0 spiro atoms. The van der Waals surface area contributed by atoms with Crippen molar-refractivity contribution >= 4 is 17.5 Å². The maximum absolute atomic E-state index is 13.8. The van der Waals surface area contributed by atoms with Crippen molar-refractivity contribution in [2.24, 2.45) is 0 Å². The van der Waals surface area contributed by atoms with Crippen LogP contribution in [-0.4, -0.2) is 16.1 Å². The first-order chi connectivity index (χ1) is 9.00. The molecule has 0 radical (unpaired) electrons. The van der Waals surface area contributed by atoms with Crippen molar-refractivity contribution < 1.29 is 18.7 Å². The van der Waals surface area contributed by atoms with Crippen LogP contribution in [0.15, 0.2) is 30.5 Å². The third kappa shape index (κ3) is 2.52. The maximum Gasteiger partial charge on any atom is 0.339 e. The van der Waals surface area contributed by atoms with Crippen LogP contribution in [0.1, 0.15) is 15.9 Å². The molecule has 0 bridgehead atoms. The number of pyridine rings is 1. The van der Waals surface area contributed by atoms with Gasteiger partial charge in [-0.05, 0) is 30.7 Å². The molecule has 0 amide bonds. The van der Waals surface area contributed by atoms with Crippen molar-refractivity contribution in [1.29, 1.82) is 0 Å². The molecule has 2 rings (SSSR count). The van der Waals surface area contributed by atoms with Crippen LogP contribution in [-0.2, 0) is 0 Å². The molecule has 6 heteroatoms. The molecule has 0 saturated heterocycles. The Morgan fingerprint density at radius 1 is 1.32 bits per heavy atom. The summed E-state index contributed by atoms with van der Waals surface area (Å²) in [6.07, 6.45) is 1.33. The smallest absolute Gasteiger partial charge is 0.339 e. The van der Waals surface area contributed by atoms with Gasteiger partial charge in [0.05, 0.1) is 0 Å². The number of benzene rings is 1. The lowest BCUT2D eigenvalue weighted by atomic mass is 10.2. The van der Waals surface area contributed by atoms with Crippen LogP contribution in [0, 0.1) is 18.6 Å². The normalized spacial score (nSPS) is 10.3. The molecule has 1 aromatic heterocycles. The maximum atomic E-state index is 13.8. The Balaban J connectivity index is 2.48. The van der Waals surface area contributed by atoms with Gasteiger partial charge in [-0.2, -0.15) is 0 Å². The fourth-order valence-corrected chi connectivity index (χ4v) is 1.57. The second kappa shape index (κ2) is 5.01. The number of hydrogen-bond donors (Lipinski definition) is 2. The SMILES string of the molecule is Cc1ccc(F)c(Nc2ncccc2C(=O)O)c1F. The molecule has 0 fully saturated rings. The fraction of sp³-hybridized carbons (Fsp3) is 0.0769. The summed E-state index contributed by atoms with van der Waals surface area (Å²) in [7, 11) is 0. The lowest BCUT2D eigenvalue weighted by molar-refractivity contribution is 0.0697. The number of hydrogen-bond acceptors (Lipinski definition) is 3. The van der Waals surface area contributed by atoms with Gasteiger partial charge in [-0.25, -0.2) is 18.6 Å². The molecule has 4 nitrogen and oxygen atoms in total. The van der Waals surface area contributed by atoms with Crippen LogP contribution < -0.4 is 5.32 Å². The first-order valence-corrected chi connectivity index (χ1v) is 5.40. The molecule has 2 N–H and O–H groups in total. The summed E-state index contributed by atoms with van der Waals surface area (Å²) in [4.78, 5) is 14.8. The fourth-order valence-electron chi connectivity index (χ4n) is 1.57. The Morgan fingerprint density at radius 2 is 2.05 bits per heavy atom. The lowest BCUT2D eigenvalue weighted by Crippen LogP contribution is -2.07. The van der Waals surface area contributed by atoms with Crippen molar-refractivity contribution in [3.8, 4) is 0 Å². The van der Waals surface area contributed by atoms with Crippen LogP contribution in [0.25, 0.3) is 0 Å². The largest absolute Gasteiger partial charge is 0.478 e. The molecule has 0 saturated carbocycles. The van der Waals surface area contributed by atoms with E-state index in [9.17, 15) is 13.6 Å². The molecule has 98 valence electrons. The molecule has 0 aliphatic carbocycles. The number of carboxylic acids is 1. The predicted octanol–water partition coefficient (Wildman–Crippen LogP) is 3.11. The number of carboxylic acid groups (broad SMARTS) is 1. The zero-order valence-electron chi connectivity index (χ0n) is 9.95. The van der Waals surface area contributed by atoms with Crippen LogP contribution >= 0.6 is 0 Å². The van der Waals surface area contributed by atoms with E-state index in [4.69, 9.17) is 5.11 Å².